The average Bonchev–Trinajstić information content (AvgIpc) is 2.56. The van der Waals surface area contributed by atoms with E-state index in [1.165, 1.54) is 0 Å². The molecular weight excluding hydrogens is 164 g/mol. The fourth-order valence-corrected chi connectivity index (χ4v) is 1.64. The van der Waals surface area contributed by atoms with Gasteiger partial charge in [0.25, 0.3) is 0 Å². The van der Waals surface area contributed by atoms with Crippen LogP contribution in [0.2, 0.25) is 0 Å². The Labute approximate surface area is 75.4 Å². The average molecular weight is 172 g/mol. The van der Waals surface area contributed by atoms with E-state index in [1.807, 2.05) is 24.3 Å². The maximum atomic E-state index is 5.62. The van der Waals surface area contributed by atoms with E-state index in [1.54, 1.807) is 6.26 Å². The summed E-state index contributed by atoms with van der Waals surface area (Å²) in [4.78, 5) is 0. The van der Waals surface area contributed by atoms with Gasteiger partial charge in [0.2, 0.25) is 0 Å². The van der Waals surface area contributed by atoms with E-state index < -0.39 is 0 Å². The molecule has 13 heavy (non-hydrogen) atoms. The minimum absolute atomic E-state index is 0.614. The van der Waals surface area contributed by atoms with Gasteiger partial charge in [-0.3, -0.25) is 0 Å². The largest absolute Gasteiger partial charge is 0.496 e. The number of hydrogen-bond acceptors (Lipinski definition) is 2. The number of rotatable bonds is 0. The van der Waals surface area contributed by atoms with Crippen LogP contribution in [0.4, 0.5) is 0 Å². The summed E-state index contributed by atoms with van der Waals surface area (Å²) in [5, 5.41) is 1.15. The highest BCUT2D eigenvalue weighted by atomic mass is 16.5. The number of benzene rings is 1. The molecule has 2 aromatic rings. The first-order valence-corrected chi connectivity index (χ1v) is 4.24. The Morgan fingerprint density at radius 2 is 2.08 bits per heavy atom. The summed E-state index contributed by atoms with van der Waals surface area (Å²) < 4.78 is 10.8. The molecule has 0 aliphatic carbocycles. The SMILES string of the molecule is C1=Cc2oc3ccccc3c2CO1. The molecule has 2 nitrogen and oxygen atoms in total. The highest BCUT2D eigenvalue weighted by Crippen LogP contribution is 2.29. The third-order valence-corrected chi connectivity index (χ3v) is 2.27. The van der Waals surface area contributed by atoms with E-state index in [0.29, 0.717) is 6.61 Å². The summed E-state index contributed by atoms with van der Waals surface area (Å²) in [6.07, 6.45) is 3.53. The summed E-state index contributed by atoms with van der Waals surface area (Å²) in [5.41, 5.74) is 2.08. The van der Waals surface area contributed by atoms with Crippen molar-refractivity contribution in [2.45, 2.75) is 6.61 Å². The van der Waals surface area contributed by atoms with Crippen LogP contribution in [0, 0.1) is 0 Å². The number of fused-ring (bicyclic) bond motifs is 3. The van der Waals surface area contributed by atoms with Crippen LogP contribution in [0.3, 0.4) is 0 Å². The molecule has 0 radical (unpaired) electrons. The molecule has 0 atom stereocenters. The molecule has 2 heterocycles. The Balaban J connectivity index is 2.41. The molecule has 0 N–H and O–H groups in total. The fraction of sp³-hybridized carbons (Fsp3) is 0.0909. The summed E-state index contributed by atoms with van der Waals surface area (Å²) in [6.45, 7) is 0.614. The lowest BCUT2D eigenvalue weighted by Crippen LogP contribution is -1.91. The molecule has 2 heteroatoms. The molecule has 0 spiro atoms. The van der Waals surface area contributed by atoms with Gasteiger partial charge in [0.1, 0.15) is 18.0 Å². The third-order valence-electron chi connectivity index (χ3n) is 2.27. The van der Waals surface area contributed by atoms with Crippen LogP contribution in [0.15, 0.2) is 34.9 Å². The van der Waals surface area contributed by atoms with E-state index >= 15 is 0 Å². The summed E-state index contributed by atoms with van der Waals surface area (Å²) in [7, 11) is 0. The lowest BCUT2D eigenvalue weighted by Gasteiger charge is -2.04. The van der Waals surface area contributed by atoms with E-state index in [9.17, 15) is 0 Å². The van der Waals surface area contributed by atoms with E-state index in [0.717, 1.165) is 22.3 Å². The molecule has 0 saturated heterocycles. The second-order valence-electron chi connectivity index (χ2n) is 3.05. The molecule has 3 rings (SSSR count). The van der Waals surface area contributed by atoms with Crippen LogP contribution >= 0.6 is 0 Å². The normalized spacial score (nSPS) is 14.2. The van der Waals surface area contributed by atoms with Crippen LogP contribution in [-0.2, 0) is 11.3 Å². The van der Waals surface area contributed by atoms with Crippen molar-refractivity contribution in [2.24, 2.45) is 0 Å². The van der Waals surface area contributed by atoms with Crippen LogP contribution in [0.25, 0.3) is 17.0 Å². The zero-order valence-electron chi connectivity index (χ0n) is 6.99. The predicted molar refractivity (Wildman–Crippen MR) is 50.0 cm³/mol. The number of furan rings is 1. The second-order valence-corrected chi connectivity index (χ2v) is 3.05. The van der Waals surface area contributed by atoms with E-state index in [2.05, 4.69) is 6.07 Å². The summed E-state index contributed by atoms with van der Waals surface area (Å²) >= 11 is 0. The van der Waals surface area contributed by atoms with E-state index in [-0.39, 0.29) is 0 Å². The molecule has 64 valence electrons. The quantitative estimate of drug-likeness (QED) is 0.609. The molecule has 1 aromatic heterocycles. The molecular formula is C11H8O2. The van der Waals surface area contributed by atoms with Crippen molar-refractivity contribution in [3.8, 4) is 0 Å². The third kappa shape index (κ3) is 0.886. The monoisotopic (exact) mass is 172 g/mol. The van der Waals surface area contributed by atoms with Crippen molar-refractivity contribution in [1.82, 2.24) is 0 Å². The minimum atomic E-state index is 0.614. The smallest absolute Gasteiger partial charge is 0.137 e. The molecule has 0 unspecified atom stereocenters. The van der Waals surface area contributed by atoms with Gasteiger partial charge < -0.3 is 9.15 Å². The van der Waals surface area contributed by atoms with E-state index in [4.69, 9.17) is 9.15 Å². The Bertz CT molecular complexity index is 480. The lowest BCUT2D eigenvalue weighted by atomic mass is 10.1. The van der Waals surface area contributed by atoms with Crippen molar-refractivity contribution in [2.75, 3.05) is 0 Å². The van der Waals surface area contributed by atoms with Crippen LogP contribution in [0.5, 0.6) is 0 Å². The first kappa shape index (κ1) is 6.78. The Morgan fingerprint density at radius 3 is 3.08 bits per heavy atom. The van der Waals surface area contributed by atoms with Gasteiger partial charge in [-0.15, -0.1) is 0 Å². The highest BCUT2D eigenvalue weighted by molar-refractivity contribution is 5.84. The Kier molecular flexibility index (Phi) is 1.25. The molecule has 1 aliphatic heterocycles. The van der Waals surface area contributed by atoms with Crippen LogP contribution in [-0.4, -0.2) is 0 Å². The summed E-state index contributed by atoms with van der Waals surface area (Å²) in [6, 6.07) is 8.01. The van der Waals surface area contributed by atoms with Gasteiger partial charge in [-0.05, 0) is 6.07 Å². The van der Waals surface area contributed by atoms with Gasteiger partial charge in [0, 0.05) is 17.0 Å². The van der Waals surface area contributed by atoms with Crippen molar-refractivity contribution in [3.05, 3.63) is 41.9 Å². The van der Waals surface area contributed by atoms with Crippen LogP contribution < -0.4 is 0 Å². The highest BCUT2D eigenvalue weighted by Gasteiger charge is 2.13. The van der Waals surface area contributed by atoms with Gasteiger partial charge in [-0.25, -0.2) is 0 Å². The molecule has 0 bridgehead atoms. The maximum Gasteiger partial charge on any atom is 0.137 e. The van der Waals surface area contributed by atoms with Crippen molar-refractivity contribution >= 4 is 17.0 Å². The Morgan fingerprint density at radius 1 is 1.15 bits per heavy atom. The standard InChI is InChI=1S/C11H8O2/c1-2-4-10-8(3-1)9-7-12-6-5-11(9)13-10/h1-6H,7H2. The molecule has 0 amide bonds. The molecule has 1 aromatic carbocycles. The van der Waals surface area contributed by atoms with Gasteiger partial charge >= 0.3 is 0 Å². The van der Waals surface area contributed by atoms with Gasteiger partial charge in [-0.2, -0.15) is 0 Å². The van der Waals surface area contributed by atoms with Crippen LogP contribution in [0.1, 0.15) is 11.3 Å². The minimum Gasteiger partial charge on any atom is -0.496 e. The van der Waals surface area contributed by atoms with Crippen molar-refractivity contribution in [1.29, 1.82) is 0 Å². The van der Waals surface area contributed by atoms with Crippen molar-refractivity contribution < 1.29 is 9.15 Å². The van der Waals surface area contributed by atoms with Gasteiger partial charge in [-0.1, -0.05) is 18.2 Å². The number of para-hydroxylation sites is 1. The van der Waals surface area contributed by atoms with Gasteiger partial charge in [0.05, 0.1) is 6.26 Å². The number of ether oxygens (including phenoxy) is 1. The fourth-order valence-electron chi connectivity index (χ4n) is 1.64. The number of hydrogen-bond donors (Lipinski definition) is 0. The lowest BCUT2D eigenvalue weighted by molar-refractivity contribution is 0.233. The first-order valence-electron chi connectivity index (χ1n) is 4.24. The van der Waals surface area contributed by atoms with Crippen molar-refractivity contribution in [3.63, 3.8) is 0 Å². The zero-order chi connectivity index (χ0) is 8.67. The summed E-state index contributed by atoms with van der Waals surface area (Å²) in [5.74, 6) is 0.924. The topological polar surface area (TPSA) is 22.4 Å². The first-order chi connectivity index (χ1) is 6.45. The second kappa shape index (κ2) is 2.39. The maximum absolute atomic E-state index is 5.62. The molecule has 0 fully saturated rings. The Hall–Kier alpha value is -1.70. The predicted octanol–water partition coefficient (Wildman–Crippen LogP) is 2.93. The molecule has 0 saturated carbocycles. The zero-order valence-corrected chi connectivity index (χ0v) is 6.99. The van der Waals surface area contributed by atoms with Gasteiger partial charge in [0.15, 0.2) is 0 Å². The molecule has 1 aliphatic rings.